The third-order valence-electron chi connectivity index (χ3n) is 3.82. The number of para-hydroxylation sites is 2. The lowest BCUT2D eigenvalue weighted by molar-refractivity contribution is -0.274. The molecule has 3 N–H and O–H groups in total. The number of nitrogens with one attached hydrogen (secondary N) is 1. The van der Waals surface area contributed by atoms with Crippen molar-refractivity contribution in [2.45, 2.75) is 12.8 Å². The van der Waals surface area contributed by atoms with E-state index in [9.17, 15) is 13.2 Å². The van der Waals surface area contributed by atoms with Gasteiger partial charge < -0.3 is 30.0 Å². The van der Waals surface area contributed by atoms with Crippen LogP contribution < -0.4 is 30.0 Å². The molecular weight excluding hydrogens is 518 g/mol. The summed E-state index contributed by atoms with van der Waals surface area (Å²) in [6, 6.07) is 9.10. The molecule has 0 aliphatic heterocycles. The van der Waals surface area contributed by atoms with Crippen LogP contribution in [-0.4, -0.2) is 40.2 Å². The van der Waals surface area contributed by atoms with Crippen LogP contribution in [0.4, 0.5) is 18.9 Å². The molecule has 2 aromatic rings. The Labute approximate surface area is 189 Å². The maximum Gasteiger partial charge on any atom is 0.573 e. The van der Waals surface area contributed by atoms with Crippen LogP contribution in [0.1, 0.15) is 5.56 Å². The number of hydrogen-bond donors (Lipinski definition) is 2. The Morgan fingerprint density at radius 2 is 1.63 bits per heavy atom. The Hall–Kier alpha value is -2.57. The largest absolute Gasteiger partial charge is 0.573 e. The van der Waals surface area contributed by atoms with Gasteiger partial charge in [0, 0.05) is 12.1 Å². The highest BCUT2D eigenvalue weighted by atomic mass is 127. The number of rotatable bonds is 8. The number of hydrogen-bond acceptors (Lipinski definition) is 5. The van der Waals surface area contributed by atoms with Crippen LogP contribution in [0.25, 0.3) is 0 Å². The molecule has 166 valence electrons. The van der Waals surface area contributed by atoms with Crippen molar-refractivity contribution in [2.75, 3.05) is 33.2 Å². The van der Waals surface area contributed by atoms with Crippen LogP contribution in [-0.2, 0) is 6.42 Å². The molecule has 0 aliphatic carbocycles. The topological polar surface area (TPSA) is 87.3 Å². The van der Waals surface area contributed by atoms with Crippen molar-refractivity contribution >= 4 is 35.6 Å². The van der Waals surface area contributed by atoms with Crippen molar-refractivity contribution in [2.24, 2.45) is 10.7 Å². The summed E-state index contributed by atoms with van der Waals surface area (Å²) in [6.45, 7) is 0.257. The standard InChI is InChI=1S/C19H22F3N3O4.HI/c1-26-15-9-8-12(16(27-2)17(15)28-3)10-11-24-18(23)25-13-6-4-5-7-14(13)29-19(20,21)22;/h4-9H,10-11H2,1-3H3,(H3,23,24,25);1H. The molecule has 0 aliphatic rings. The molecule has 0 radical (unpaired) electrons. The highest BCUT2D eigenvalue weighted by molar-refractivity contribution is 14.0. The van der Waals surface area contributed by atoms with Gasteiger partial charge in [-0.2, -0.15) is 0 Å². The monoisotopic (exact) mass is 541 g/mol. The molecule has 11 heteroatoms. The zero-order chi connectivity index (χ0) is 21.4. The SMILES string of the molecule is COc1ccc(CCN=C(N)Nc2ccccc2OC(F)(F)F)c(OC)c1OC.I. The molecule has 7 nitrogen and oxygen atoms in total. The van der Waals surface area contributed by atoms with Gasteiger partial charge in [-0.15, -0.1) is 37.1 Å². The second kappa shape index (κ2) is 11.6. The minimum absolute atomic E-state index is 0. The zero-order valence-corrected chi connectivity index (χ0v) is 18.9. The first-order valence-corrected chi connectivity index (χ1v) is 8.48. The zero-order valence-electron chi connectivity index (χ0n) is 16.6. The molecular formula is C19H23F3IN3O4. The summed E-state index contributed by atoms with van der Waals surface area (Å²) in [7, 11) is 4.54. The summed E-state index contributed by atoms with van der Waals surface area (Å²) in [5.74, 6) is 1.04. The Morgan fingerprint density at radius 3 is 2.23 bits per heavy atom. The minimum atomic E-state index is -4.81. The number of guanidine groups is 1. The van der Waals surface area contributed by atoms with Gasteiger partial charge in [0.15, 0.2) is 23.2 Å². The van der Waals surface area contributed by atoms with Crippen LogP contribution in [0, 0.1) is 0 Å². The molecule has 2 aromatic carbocycles. The number of benzene rings is 2. The van der Waals surface area contributed by atoms with E-state index in [1.165, 1.54) is 39.5 Å². The first kappa shape index (κ1) is 25.5. The average Bonchev–Trinajstić information content (AvgIpc) is 2.67. The first-order valence-electron chi connectivity index (χ1n) is 8.48. The quantitative estimate of drug-likeness (QED) is 0.296. The summed E-state index contributed by atoms with van der Waals surface area (Å²) < 4.78 is 57.4. The van der Waals surface area contributed by atoms with E-state index in [4.69, 9.17) is 19.9 Å². The molecule has 0 aromatic heterocycles. The fourth-order valence-electron chi connectivity index (χ4n) is 2.62. The summed E-state index contributed by atoms with van der Waals surface area (Å²) in [5.41, 5.74) is 6.66. The Balaban J connectivity index is 0.00000450. The molecule has 0 fully saturated rings. The van der Waals surface area contributed by atoms with E-state index in [0.717, 1.165) is 5.56 Å². The molecule has 0 bridgehead atoms. The predicted octanol–water partition coefficient (Wildman–Crippen LogP) is 4.20. The average molecular weight is 541 g/mol. The van der Waals surface area contributed by atoms with E-state index in [-0.39, 0.29) is 42.2 Å². The first-order chi connectivity index (χ1) is 13.8. The number of alkyl halides is 3. The van der Waals surface area contributed by atoms with Crippen LogP contribution in [0.15, 0.2) is 41.4 Å². The molecule has 0 heterocycles. The Bertz CT molecular complexity index is 863. The van der Waals surface area contributed by atoms with Crippen molar-refractivity contribution in [1.82, 2.24) is 0 Å². The van der Waals surface area contributed by atoms with Crippen molar-refractivity contribution in [3.8, 4) is 23.0 Å². The Kier molecular flexibility index (Phi) is 9.82. The lowest BCUT2D eigenvalue weighted by Gasteiger charge is -2.15. The van der Waals surface area contributed by atoms with Crippen LogP contribution in [0.3, 0.4) is 0 Å². The molecule has 0 amide bonds. The lowest BCUT2D eigenvalue weighted by Crippen LogP contribution is -2.24. The van der Waals surface area contributed by atoms with Crippen molar-refractivity contribution in [3.05, 3.63) is 42.0 Å². The molecule has 0 saturated heterocycles. The third-order valence-corrected chi connectivity index (χ3v) is 3.82. The van der Waals surface area contributed by atoms with E-state index in [1.54, 1.807) is 12.1 Å². The van der Waals surface area contributed by atoms with Crippen LogP contribution in [0.5, 0.6) is 23.0 Å². The molecule has 0 saturated carbocycles. The van der Waals surface area contributed by atoms with Gasteiger partial charge in [-0.1, -0.05) is 18.2 Å². The number of nitrogens with two attached hydrogens (primary N) is 1. The minimum Gasteiger partial charge on any atom is -0.493 e. The maximum atomic E-state index is 12.5. The molecule has 2 rings (SSSR count). The van der Waals surface area contributed by atoms with Crippen molar-refractivity contribution in [1.29, 1.82) is 0 Å². The fraction of sp³-hybridized carbons (Fsp3) is 0.316. The number of ether oxygens (including phenoxy) is 4. The second-order valence-electron chi connectivity index (χ2n) is 5.68. The van der Waals surface area contributed by atoms with Crippen molar-refractivity contribution < 1.29 is 32.1 Å². The second-order valence-corrected chi connectivity index (χ2v) is 5.68. The fourth-order valence-corrected chi connectivity index (χ4v) is 2.62. The van der Waals surface area contributed by atoms with Gasteiger partial charge in [0.2, 0.25) is 5.75 Å². The van der Waals surface area contributed by atoms with Gasteiger partial charge in [0.25, 0.3) is 0 Å². The van der Waals surface area contributed by atoms with E-state index in [2.05, 4.69) is 15.0 Å². The van der Waals surface area contributed by atoms with E-state index in [1.807, 2.05) is 6.07 Å². The van der Waals surface area contributed by atoms with Crippen molar-refractivity contribution in [3.63, 3.8) is 0 Å². The van der Waals surface area contributed by atoms with Gasteiger partial charge >= 0.3 is 6.36 Å². The number of aliphatic imine (C=N–C) groups is 1. The van der Waals surface area contributed by atoms with E-state index in [0.29, 0.717) is 23.7 Å². The molecule has 0 spiro atoms. The lowest BCUT2D eigenvalue weighted by atomic mass is 10.1. The smallest absolute Gasteiger partial charge is 0.493 e. The molecule has 30 heavy (non-hydrogen) atoms. The summed E-state index contributed by atoms with van der Waals surface area (Å²) >= 11 is 0. The number of halogens is 4. The molecule has 0 atom stereocenters. The van der Waals surface area contributed by atoms with E-state index < -0.39 is 12.1 Å². The highest BCUT2D eigenvalue weighted by Crippen LogP contribution is 2.39. The summed E-state index contributed by atoms with van der Waals surface area (Å²) in [6.07, 6.45) is -4.36. The van der Waals surface area contributed by atoms with Gasteiger partial charge in [-0.3, -0.25) is 4.99 Å². The van der Waals surface area contributed by atoms with Crippen LogP contribution in [0.2, 0.25) is 0 Å². The van der Waals surface area contributed by atoms with Crippen LogP contribution >= 0.6 is 24.0 Å². The molecule has 0 unspecified atom stereocenters. The predicted molar refractivity (Wildman–Crippen MR) is 118 cm³/mol. The number of methoxy groups -OCH3 is 3. The van der Waals surface area contributed by atoms with E-state index >= 15 is 0 Å². The summed E-state index contributed by atoms with van der Waals surface area (Å²) in [4.78, 5) is 4.14. The van der Waals surface area contributed by atoms with Gasteiger partial charge in [0.1, 0.15) is 0 Å². The summed E-state index contributed by atoms with van der Waals surface area (Å²) in [5, 5.41) is 2.62. The third kappa shape index (κ3) is 7.04. The van der Waals surface area contributed by atoms with Gasteiger partial charge in [0.05, 0.1) is 27.0 Å². The normalized spacial score (nSPS) is 11.3. The van der Waals surface area contributed by atoms with Gasteiger partial charge in [-0.25, -0.2) is 0 Å². The number of anilines is 1. The maximum absolute atomic E-state index is 12.5. The highest BCUT2D eigenvalue weighted by Gasteiger charge is 2.32. The van der Waals surface area contributed by atoms with Gasteiger partial charge in [-0.05, 0) is 24.6 Å². The number of nitrogens with zero attached hydrogens (tertiary/aromatic N) is 1. The Morgan fingerprint density at radius 1 is 0.967 bits per heavy atom.